The molecule has 13 heavy (non-hydrogen) atoms. The maximum Gasteiger partial charge on any atom is 0.272 e. The van der Waals surface area contributed by atoms with Crippen molar-refractivity contribution in [3.63, 3.8) is 0 Å². The molecule has 1 aromatic carbocycles. The predicted octanol–water partition coefficient (Wildman–Crippen LogP) is 1.80. The molecule has 0 aliphatic carbocycles. The summed E-state index contributed by atoms with van der Waals surface area (Å²) in [4.78, 5) is 20.0. The number of hydrogen-bond acceptors (Lipinski definition) is 3. The molecule has 0 aliphatic heterocycles. The standard InChI is InChI=1S/C7H4FNO3S/c8-6-3-4(9(11)12)1-2-5(6)7(10)13/h1-3H,(H,10,13). The Kier molecular flexibility index (Phi) is 2.62. The van der Waals surface area contributed by atoms with Crippen molar-refractivity contribution in [1.82, 2.24) is 0 Å². The highest BCUT2D eigenvalue weighted by Gasteiger charge is 2.13. The molecule has 6 heteroatoms. The van der Waals surface area contributed by atoms with Crippen LogP contribution < -0.4 is 0 Å². The van der Waals surface area contributed by atoms with Gasteiger partial charge in [-0.05, 0) is 6.07 Å². The van der Waals surface area contributed by atoms with E-state index in [0.29, 0.717) is 6.07 Å². The second kappa shape index (κ2) is 3.53. The summed E-state index contributed by atoms with van der Waals surface area (Å²) in [5.41, 5.74) is -0.662. The number of hydrogen-bond donors (Lipinski definition) is 1. The highest BCUT2D eigenvalue weighted by Crippen LogP contribution is 2.17. The van der Waals surface area contributed by atoms with E-state index in [1.54, 1.807) is 0 Å². The molecule has 0 amide bonds. The molecule has 0 bridgehead atoms. The third-order valence-electron chi connectivity index (χ3n) is 1.39. The van der Waals surface area contributed by atoms with Crippen LogP contribution in [0.4, 0.5) is 10.1 Å². The topological polar surface area (TPSA) is 60.2 Å². The molecule has 0 aromatic heterocycles. The van der Waals surface area contributed by atoms with Crippen LogP contribution in [0.25, 0.3) is 0 Å². The number of thiol groups is 1. The Bertz CT molecular complexity index is 380. The van der Waals surface area contributed by atoms with E-state index in [9.17, 15) is 19.3 Å². The van der Waals surface area contributed by atoms with E-state index in [-0.39, 0.29) is 5.56 Å². The van der Waals surface area contributed by atoms with Crippen LogP contribution in [0, 0.1) is 15.9 Å². The normalized spacial score (nSPS) is 9.69. The Morgan fingerprint density at radius 2 is 2.15 bits per heavy atom. The lowest BCUT2D eigenvalue weighted by Gasteiger charge is -1.96. The molecule has 0 radical (unpaired) electrons. The van der Waals surface area contributed by atoms with Crippen molar-refractivity contribution in [2.24, 2.45) is 0 Å². The minimum Gasteiger partial charge on any atom is -0.282 e. The Balaban J connectivity index is 3.20. The Morgan fingerprint density at radius 3 is 2.54 bits per heavy atom. The van der Waals surface area contributed by atoms with Crippen molar-refractivity contribution in [2.45, 2.75) is 0 Å². The van der Waals surface area contributed by atoms with Crippen molar-refractivity contribution in [3.05, 3.63) is 39.7 Å². The molecule has 0 N–H and O–H groups in total. The van der Waals surface area contributed by atoms with Crippen molar-refractivity contribution >= 4 is 23.4 Å². The molecule has 0 spiro atoms. The molecule has 0 aliphatic rings. The fraction of sp³-hybridized carbons (Fsp3) is 0. The first kappa shape index (κ1) is 9.66. The Labute approximate surface area is 77.9 Å². The molecule has 0 heterocycles. The molecule has 0 saturated carbocycles. The summed E-state index contributed by atoms with van der Waals surface area (Å²) in [6.07, 6.45) is 0. The average Bonchev–Trinajstić information content (AvgIpc) is 2.03. The Hall–Kier alpha value is -1.43. The second-order valence-electron chi connectivity index (χ2n) is 2.23. The summed E-state index contributed by atoms with van der Waals surface area (Å²) in [6.45, 7) is 0. The number of non-ortho nitro benzene ring substituents is 1. The van der Waals surface area contributed by atoms with Crippen LogP contribution in [-0.2, 0) is 0 Å². The third-order valence-corrected chi connectivity index (χ3v) is 1.63. The summed E-state index contributed by atoms with van der Waals surface area (Å²) in [5, 5.41) is 9.41. The number of benzene rings is 1. The monoisotopic (exact) mass is 201 g/mol. The first-order valence-electron chi connectivity index (χ1n) is 3.19. The zero-order valence-electron chi connectivity index (χ0n) is 6.23. The minimum absolute atomic E-state index is 0.270. The number of halogens is 1. The van der Waals surface area contributed by atoms with Crippen LogP contribution in [0.15, 0.2) is 18.2 Å². The fourth-order valence-corrected chi connectivity index (χ4v) is 0.972. The quantitative estimate of drug-likeness (QED) is 0.451. The lowest BCUT2D eigenvalue weighted by molar-refractivity contribution is -0.385. The van der Waals surface area contributed by atoms with Crippen LogP contribution in [0.2, 0.25) is 0 Å². The van der Waals surface area contributed by atoms with Gasteiger partial charge in [0.2, 0.25) is 5.12 Å². The number of nitrogens with zero attached hydrogens (tertiary/aromatic N) is 1. The minimum atomic E-state index is -0.936. The highest BCUT2D eigenvalue weighted by atomic mass is 32.1. The van der Waals surface area contributed by atoms with Gasteiger partial charge in [-0.25, -0.2) is 4.39 Å². The number of carbonyl (C=O) groups is 1. The lowest BCUT2D eigenvalue weighted by atomic mass is 10.2. The summed E-state index contributed by atoms with van der Waals surface area (Å²) in [7, 11) is 0. The van der Waals surface area contributed by atoms with Crippen LogP contribution in [-0.4, -0.2) is 10.0 Å². The van der Waals surface area contributed by atoms with Crippen molar-refractivity contribution < 1.29 is 14.1 Å². The molecule has 0 saturated heterocycles. The van der Waals surface area contributed by atoms with Gasteiger partial charge in [0.25, 0.3) is 5.69 Å². The van der Waals surface area contributed by atoms with E-state index >= 15 is 0 Å². The smallest absolute Gasteiger partial charge is 0.272 e. The number of nitro benzene ring substituents is 1. The van der Waals surface area contributed by atoms with Crippen LogP contribution in [0.3, 0.4) is 0 Å². The van der Waals surface area contributed by atoms with Crippen molar-refractivity contribution in [3.8, 4) is 0 Å². The van der Waals surface area contributed by atoms with Crippen LogP contribution in [0.1, 0.15) is 10.4 Å². The van der Waals surface area contributed by atoms with Gasteiger partial charge >= 0.3 is 0 Å². The fourth-order valence-electron chi connectivity index (χ4n) is 0.791. The maximum atomic E-state index is 12.9. The molecule has 68 valence electrons. The predicted molar refractivity (Wildman–Crippen MR) is 46.4 cm³/mol. The summed E-state index contributed by atoms with van der Waals surface area (Å²) >= 11 is 3.39. The van der Waals surface area contributed by atoms with Gasteiger partial charge in [0, 0.05) is 6.07 Å². The van der Waals surface area contributed by atoms with Crippen molar-refractivity contribution in [2.75, 3.05) is 0 Å². The molecule has 0 atom stereocenters. The molecular weight excluding hydrogens is 197 g/mol. The number of carbonyl (C=O) groups excluding carboxylic acids is 1. The van der Waals surface area contributed by atoms with Gasteiger partial charge in [0.15, 0.2) is 0 Å². The Morgan fingerprint density at radius 1 is 1.54 bits per heavy atom. The molecule has 4 nitrogen and oxygen atoms in total. The van der Waals surface area contributed by atoms with Crippen LogP contribution >= 0.6 is 12.6 Å². The van der Waals surface area contributed by atoms with Gasteiger partial charge in [0.05, 0.1) is 16.6 Å². The lowest BCUT2D eigenvalue weighted by Crippen LogP contribution is -1.96. The van der Waals surface area contributed by atoms with Crippen LogP contribution in [0.5, 0.6) is 0 Å². The molecular formula is C7H4FNO3S. The van der Waals surface area contributed by atoms with Gasteiger partial charge in [-0.15, -0.1) is 12.6 Å². The van der Waals surface area contributed by atoms with Gasteiger partial charge in [0.1, 0.15) is 5.82 Å². The number of rotatable bonds is 2. The second-order valence-corrected chi connectivity index (χ2v) is 2.63. The average molecular weight is 201 g/mol. The van der Waals surface area contributed by atoms with E-state index in [0.717, 1.165) is 12.1 Å². The molecule has 1 rings (SSSR count). The number of nitro groups is 1. The van der Waals surface area contributed by atoms with Gasteiger partial charge in [-0.2, -0.15) is 0 Å². The zero-order valence-corrected chi connectivity index (χ0v) is 7.12. The van der Waals surface area contributed by atoms with E-state index in [4.69, 9.17) is 0 Å². The third kappa shape index (κ3) is 2.03. The van der Waals surface area contributed by atoms with Gasteiger partial charge < -0.3 is 0 Å². The maximum absolute atomic E-state index is 12.9. The first-order chi connectivity index (χ1) is 6.02. The largest absolute Gasteiger partial charge is 0.282 e. The highest BCUT2D eigenvalue weighted by molar-refractivity contribution is 7.97. The summed E-state index contributed by atoms with van der Waals surface area (Å²) in [6, 6.07) is 2.76. The SMILES string of the molecule is O=C(S)c1ccc([N+](=O)[O-])cc1F. The van der Waals surface area contributed by atoms with Crippen molar-refractivity contribution in [1.29, 1.82) is 0 Å². The van der Waals surface area contributed by atoms with E-state index in [1.807, 2.05) is 0 Å². The molecule has 0 unspecified atom stereocenters. The van der Waals surface area contributed by atoms with E-state index < -0.39 is 21.5 Å². The van der Waals surface area contributed by atoms with E-state index in [1.165, 1.54) is 0 Å². The van der Waals surface area contributed by atoms with Gasteiger partial charge in [-0.3, -0.25) is 14.9 Å². The molecule has 1 aromatic rings. The van der Waals surface area contributed by atoms with Gasteiger partial charge in [-0.1, -0.05) is 0 Å². The van der Waals surface area contributed by atoms with E-state index in [2.05, 4.69) is 12.6 Å². The first-order valence-corrected chi connectivity index (χ1v) is 3.64. The summed E-state index contributed by atoms with van der Waals surface area (Å²) in [5.74, 6) is -0.936. The summed E-state index contributed by atoms with van der Waals surface area (Å²) < 4.78 is 12.9. The molecule has 0 fully saturated rings. The zero-order chi connectivity index (χ0) is 10.0.